The highest BCUT2D eigenvalue weighted by atomic mass is 19.4. The highest BCUT2D eigenvalue weighted by molar-refractivity contribution is 6.01. The normalized spacial score (nSPS) is 19.9. The number of halogens is 4. The van der Waals surface area contributed by atoms with Crippen molar-refractivity contribution in [3.63, 3.8) is 0 Å². The molecule has 3 heterocycles. The number of likely N-dealkylation sites (N-methyl/N-ethyl adjacent to an activating group) is 1. The topological polar surface area (TPSA) is 103 Å². The standard InChI is InChI=1S/C27H26F4N6O3/c1-36-8-9-37(13-17(36)14-38)16-3-5-22(40-27(29,30)31)21(11-16)33-25-32-12-20(28)23(34-25)15-2-4-19-18(10-15)24(39)35-26(19)6-7-26/h2-5,10-12,17,38H,6-9,13-14H2,1H3,(H,35,39)(H,32,33,34). The van der Waals surface area contributed by atoms with Crippen molar-refractivity contribution in [2.24, 2.45) is 0 Å². The zero-order valence-electron chi connectivity index (χ0n) is 21.4. The predicted octanol–water partition coefficient (Wildman–Crippen LogP) is 3.77. The van der Waals surface area contributed by atoms with Crippen molar-refractivity contribution >= 4 is 23.2 Å². The van der Waals surface area contributed by atoms with Gasteiger partial charge in [-0.3, -0.25) is 9.69 Å². The van der Waals surface area contributed by atoms with E-state index in [1.165, 1.54) is 18.2 Å². The molecular weight excluding hydrogens is 532 g/mol. The van der Waals surface area contributed by atoms with Crippen LogP contribution in [0.5, 0.6) is 5.75 Å². The van der Waals surface area contributed by atoms with Gasteiger partial charge in [0.1, 0.15) is 5.69 Å². The van der Waals surface area contributed by atoms with Gasteiger partial charge < -0.3 is 25.4 Å². The average Bonchev–Trinajstić information content (AvgIpc) is 3.64. The number of carbonyl (C=O) groups is 1. The zero-order valence-corrected chi connectivity index (χ0v) is 21.4. The molecular formula is C27H26F4N6O3. The van der Waals surface area contributed by atoms with Crippen LogP contribution in [0.15, 0.2) is 42.6 Å². The fourth-order valence-electron chi connectivity index (χ4n) is 5.32. The fourth-order valence-corrected chi connectivity index (χ4v) is 5.32. The Morgan fingerprint density at radius 3 is 2.73 bits per heavy atom. The monoisotopic (exact) mass is 558 g/mol. The number of nitrogens with one attached hydrogen (secondary N) is 2. The molecule has 0 bridgehead atoms. The van der Waals surface area contributed by atoms with Crippen molar-refractivity contribution in [1.82, 2.24) is 20.2 Å². The number of aliphatic hydroxyl groups excluding tert-OH is 1. The van der Waals surface area contributed by atoms with E-state index in [4.69, 9.17) is 0 Å². The number of amides is 1. The number of anilines is 3. The zero-order chi connectivity index (χ0) is 28.2. The van der Waals surface area contributed by atoms with Gasteiger partial charge in [0.2, 0.25) is 5.95 Å². The van der Waals surface area contributed by atoms with Gasteiger partial charge in [-0.25, -0.2) is 14.4 Å². The predicted molar refractivity (Wildman–Crippen MR) is 138 cm³/mol. The number of benzene rings is 2. The molecule has 1 aromatic heterocycles. The Kier molecular flexibility index (Phi) is 6.30. The molecule has 2 aromatic carbocycles. The minimum atomic E-state index is -4.95. The summed E-state index contributed by atoms with van der Waals surface area (Å²) in [7, 11) is 1.90. The molecule has 210 valence electrons. The van der Waals surface area contributed by atoms with E-state index in [1.54, 1.807) is 18.2 Å². The van der Waals surface area contributed by atoms with Gasteiger partial charge in [0, 0.05) is 36.4 Å². The summed E-state index contributed by atoms with van der Waals surface area (Å²) >= 11 is 0. The Bertz CT molecular complexity index is 1480. The summed E-state index contributed by atoms with van der Waals surface area (Å²) in [5, 5.41) is 15.4. The van der Waals surface area contributed by atoms with E-state index in [9.17, 15) is 27.5 Å². The molecule has 1 aliphatic carbocycles. The van der Waals surface area contributed by atoms with Gasteiger partial charge in [0.15, 0.2) is 11.6 Å². The van der Waals surface area contributed by atoms with Crippen LogP contribution in [0, 0.1) is 5.82 Å². The molecule has 1 saturated carbocycles. The van der Waals surface area contributed by atoms with Crippen molar-refractivity contribution in [2.75, 3.05) is 43.5 Å². The fraction of sp³-hybridized carbons (Fsp3) is 0.370. The van der Waals surface area contributed by atoms with Crippen molar-refractivity contribution < 1.29 is 32.2 Å². The summed E-state index contributed by atoms with van der Waals surface area (Å²) in [4.78, 5) is 24.6. The van der Waals surface area contributed by atoms with E-state index >= 15 is 0 Å². The molecule has 1 saturated heterocycles. The maximum Gasteiger partial charge on any atom is 0.573 e. The average molecular weight is 559 g/mol. The molecule has 3 aromatic rings. The highest BCUT2D eigenvalue weighted by Crippen LogP contribution is 2.50. The maximum absolute atomic E-state index is 14.9. The molecule has 6 rings (SSSR count). The minimum Gasteiger partial charge on any atom is -0.404 e. The Morgan fingerprint density at radius 1 is 1.20 bits per heavy atom. The number of aromatic nitrogens is 2. The molecule has 13 heteroatoms. The molecule has 1 spiro atoms. The molecule has 2 aliphatic heterocycles. The summed E-state index contributed by atoms with van der Waals surface area (Å²) in [5.41, 5.74) is 1.74. The SMILES string of the molecule is CN1CCN(c2ccc(OC(F)(F)F)c(Nc3ncc(F)c(-c4ccc5c(c4)C(=O)NC54CC4)n3)c2)CC1CO. The van der Waals surface area contributed by atoms with Crippen LogP contribution in [0.3, 0.4) is 0 Å². The van der Waals surface area contributed by atoms with E-state index in [-0.39, 0.29) is 41.4 Å². The molecule has 1 unspecified atom stereocenters. The number of nitrogens with zero attached hydrogens (tertiary/aromatic N) is 4. The summed E-state index contributed by atoms with van der Waals surface area (Å²) in [5.74, 6) is -1.66. The Balaban J connectivity index is 1.32. The van der Waals surface area contributed by atoms with Crippen molar-refractivity contribution in [3.05, 3.63) is 59.5 Å². The molecule has 40 heavy (non-hydrogen) atoms. The lowest BCUT2D eigenvalue weighted by Gasteiger charge is -2.40. The highest BCUT2D eigenvalue weighted by Gasteiger charge is 2.52. The molecule has 3 aliphatic rings. The largest absolute Gasteiger partial charge is 0.573 e. The van der Waals surface area contributed by atoms with Crippen LogP contribution in [0.2, 0.25) is 0 Å². The number of ether oxygens (including phenoxy) is 1. The molecule has 3 N–H and O–H groups in total. The first-order valence-corrected chi connectivity index (χ1v) is 12.8. The lowest BCUT2D eigenvalue weighted by molar-refractivity contribution is -0.274. The molecule has 1 atom stereocenters. The molecule has 1 amide bonds. The second-order valence-corrected chi connectivity index (χ2v) is 10.3. The smallest absolute Gasteiger partial charge is 0.404 e. The van der Waals surface area contributed by atoms with E-state index in [0.29, 0.717) is 36.4 Å². The van der Waals surface area contributed by atoms with E-state index in [1.807, 2.05) is 16.8 Å². The van der Waals surface area contributed by atoms with Crippen LogP contribution >= 0.6 is 0 Å². The lowest BCUT2D eigenvalue weighted by Crippen LogP contribution is -2.53. The Hall–Kier alpha value is -3.97. The van der Waals surface area contributed by atoms with Gasteiger partial charge in [-0.05, 0) is 49.7 Å². The number of alkyl halides is 3. The van der Waals surface area contributed by atoms with Crippen molar-refractivity contribution in [1.29, 1.82) is 0 Å². The quantitative estimate of drug-likeness (QED) is 0.393. The molecule has 9 nitrogen and oxygen atoms in total. The van der Waals surface area contributed by atoms with Gasteiger partial charge in [0.25, 0.3) is 5.91 Å². The minimum absolute atomic E-state index is 0.0646. The van der Waals surface area contributed by atoms with Gasteiger partial charge in [-0.15, -0.1) is 13.2 Å². The van der Waals surface area contributed by atoms with Crippen molar-refractivity contribution in [3.8, 4) is 17.0 Å². The van der Waals surface area contributed by atoms with Crippen LogP contribution in [0.25, 0.3) is 11.3 Å². The van der Waals surface area contributed by atoms with Crippen molar-refractivity contribution in [2.45, 2.75) is 30.8 Å². The molecule has 2 fully saturated rings. The van der Waals surface area contributed by atoms with E-state index < -0.39 is 17.9 Å². The van der Waals surface area contributed by atoms with Crippen LogP contribution in [0.1, 0.15) is 28.8 Å². The number of rotatable bonds is 6. The van der Waals surface area contributed by atoms with Gasteiger partial charge >= 0.3 is 6.36 Å². The van der Waals surface area contributed by atoms with Crippen LogP contribution < -0.4 is 20.3 Å². The second kappa shape index (κ2) is 9.59. The Labute approximate surface area is 226 Å². The number of hydrogen-bond donors (Lipinski definition) is 3. The van der Waals surface area contributed by atoms with E-state index in [0.717, 1.165) is 24.6 Å². The summed E-state index contributed by atoms with van der Waals surface area (Å²) in [6, 6.07) is 9.04. The van der Waals surface area contributed by atoms with E-state index in [2.05, 4.69) is 25.3 Å². The second-order valence-electron chi connectivity index (χ2n) is 10.3. The number of aliphatic hydroxyl groups is 1. The lowest BCUT2D eigenvalue weighted by atomic mass is 9.99. The van der Waals surface area contributed by atoms with Gasteiger partial charge in [-0.1, -0.05) is 12.1 Å². The first-order chi connectivity index (χ1) is 19.0. The summed E-state index contributed by atoms with van der Waals surface area (Å²) < 4.78 is 58.6. The van der Waals surface area contributed by atoms with Crippen LogP contribution in [-0.4, -0.2) is 71.6 Å². The third kappa shape index (κ3) is 4.90. The third-order valence-corrected chi connectivity index (χ3v) is 7.69. The van der Waals surface area contributed by atoms with Crippen LogP contribution in [0.4, 0.5) is 34.9 Å². The van der Waals surface area contributed by atoms with Gasteiger partial charge in [-0.2, -0.15) is 0 Å². The van der Waals surface area contributed by atoms with Gasteiger partial charge in [0.05, 0.1) is 30.1 Å². The number of hydrogen-bond acceptors (Lipinski definition) is 8. The third-order valence-electron chi connectivity index (χ3n) is 7.69. The molecule has 0 radical (unpaired) electrons. The summed E-state index contributed by atoms with van der Waals surface area (Å²) in [6.45, 7) is 1.65. The first kappa shape index (κ1) is 26.3. The Morgan fingerprint density at radius 2 is 2.00 bits per heavy atom. The number of piperazine rings is 1. The van der Waals surface area contributed by atoms with Crippen LogP contribution in [-0.2, 0) is 5.54 Å². The maximum atomic E-state index is 14.9. The summed E-state index contributed by atoms with van der Waals surface area (Å²) in [6.07, 6.45) is -2.35. The first-order valence-electron chi connectivity index (χ1n) is 12.8. The number of carbonyl (C=O) groups excluding carboxylic acids is 1. The number of fused-ring (bicyclic) bond motifs is 2.